The maximum Gasteiger partial charge on any atom is 0.416 e. The van der Waals surface area contributed by atoms with Crippen LogP contribution in [0, 0.1) is 0 Å². The Labute approximate surface area is 151 Å². The molecule has 0 fully saturated rings. The summed E-state index contributed by atoms with van der Waals surface area (Å²) in [5.41, 5.74) is 0.403. The summed E-state index contributed by atoms with van der Waals surface area (Å²) in [5.74, 6) is 0.282. The van der Waals surface area contributed by atoms with Crippen molar-refractivity contribution in [1.82, 2.24) is 0 Å². The third kappa shape index (κ3) is 3.06. The molecule has 3 rings (SSSR count). The first-order valence-electron chi connectivity index (χ1n) is 7.21. The van der Waals surface area contributed by atoms with Gasteiger partial charge in [0.15, 0.2) is 0 Å². The van der Waals surface area contributed by atoms with Crippen LogP contribution < -0.4 is 10.1 Å². The van der Waals surface area contributed by atoms with Gasteiger partial charge in [-0.15, -0.1) is 11.8 Å². The Hall–Kier alpha value is -1.86. The molecule has 1 amide bonds. The molecule has 2 aromatic carbocycles. The highest BCUT2D eigenvalue weighted by Crippen LogP contribution is 2.50. The van der Waals surface area contributed by atoms with Crippen LogP contribution in [0.4, 0.5) is 18.9 Å². The van der Waals surface area contributed by atoms with Gasteiger partial charge in [-0.1, -0.05) is 17.7 Å². The standard InChI is InChI=1S/C17H13ClF3NO2S/c1-16(25-2)14-11(22-15(16)23)4-3-5-13(14)24-12-7-6-9(8-10(12)18)17(19,20)21/h3-8H,1-2H3,(H,22,23). The van der Waals surface area contributed by atoms with E-state index >= 15 is 0 Å². The molecule has 1 heterocycles. The number of thioether (sulfide) groups is 1. The molecule has 1 aliphatic heterocycles. The van der Waals surface area contributed by atoms with Gasteiger partial charge in [-0.3, -0.25) is 4.79 Å². The van der Waals surface area contributed by atoms with Gasteiger partial charge in [0.2, 0.25) is 5.91 Å². The second-order valence-corrected chi connectivity index (χ2v) is 7.25. The predicted molar refractivity (Wildman–Crippen MR) is 92.5 cm³/mol. The minimum atomic E-state index is -4.48. The van der Waals surface area contributed by atoms with Crippen molar-refractivity contribution in [1.29, 1.82) is 0 Å². The van der Waals surface area contributed by atoms with Gasteiger partial charge in [0.25, 0.3) is 0 Å². The second-order valence-electron chi connectivity index (χ2n) is 5.62. The summed E-state index contributed by atoms with van der Waals surface area (Å²) in [6.07, 6.45) is -2.68. The first-order chi connectivity index (χ1) is 11.7. The van der Waals surface area contributed by atoms with E-state index in [2.05, 4.69) is 5.32 Å². The quantitative estimate of drug-likeness (QED) is 0.736. The highest BCUT2D eigenvalue weighted by atomic mass is 35.5. The second kappa shape index (κ2) is 6.14. The number of halogens is 4. The number of amides is 1. The lowest BCUT2D eigenvalue weighted by Crippen LogP contribution is -2.27. The fourth-order valence-electron chi connectivity index (χ4n) is 2.64. The van der Waals surface area contributed by atoms with Crippen molar-refractivity contribution in [2.45, 2.75) is 17.8 Å². The van der Waals surface area contributed by atoms with E-state index in [-0.39, 0.29) is 16.7 Å². The molecule has 1 aliphatic rings. The monoisotopic (exact) mass is 387 g/mol. The Balaban J connectivity index is 2.02. The molecule has 0 saturated carbocycles. The van der Waals surface area contributed by atoms with Crippen LogP contribution in [-0.4, -0.2) is 12.2 Å². The number of nitrogens with one attached hydrogen (secondary N) is 1. The van der Waals surface area contributed by atoms with Crippen molar-refractivity contribution < 1.29 is 22.7 Å². The van der Waals surface area contributed by atoms with Gasteiger partial charge >= 0.3 is 6.18 Å². The molecule has 0 bridgehead atoms. The molecule has 1 unspecified atom stereocenters. The van der Waals surface area contributed by atoms with Crippen molar-refractivity contribution in [2.24, 2.45) is 0 Å². The highest BCUT2D eigenvalue weighted by molar-refractivity contribution is 8.00. The van der Waals surface area contributed by atoms with Crippen LogP contribution in [0.3, 0.4) is 0 Å². The van der Waals surface area contributed by atoms with Gasteiger partial charge in [-0.2, -0.15) is 13.2 Å². The number of anilines is 1. The van der Waals surface area contributed by atoms with Gasteiger partial charge in [0, 0.05) is 11.3 Å². The van der Waals surface area contributed by atoms with Gasteiger partial charge in [-0.05, 0) is 43.5 Å². The molecule has 0 aliphatic carbocycles. The lowest BCUT2D eigenvalue weighted by Gasteiger charge is -2.22. The van der Waals surface area contributed by atoms with Crippen LogP contribution in [0.2, 0.25) is 5.02 Å². The predicted octanol–water partition coefficient (Wildman–Crippen LogP) is 5.68. The van der Waals surface area contributed by atoms with Gasteiger partial charge < -0.3 is 10.1 Å². The number of rotatable bonds is 3. The molecule has 1 N–H and O–H groups in total. The zero-order valence-electron chi connectivity index (χ0n) is 13.2. The maximum absolute atomic E-state index is 12.7. The smallest absolute Gasteiger partial charge is 0.416 e. The zero-order valence-corrected chi connectivity index (χ0v) is 14.8. The number of alkyl halides is 3. The summed E-state index contributed by atoms with van der Waals surface area (Å²) >= 11 is 7.30. The first-order valence-corrected chi connectivity index (χ1v) is 8.82. The summed E-state index contributed by atoms with van der Waals surface area (Å²) in [7, 11) is 0. The van der Waals surface area contributed by atoms with E-state index in [4.69, 9.17) is 16.3 Å². The van der Waals surface area contributed by atoms with E-state index in [0.717, 1.165) is 12.1 Å². The Morgan fingerprint density at radius 2 is 1.92 bits per heavy atom. The Bertz CT molecular complexity index is 856. The molecular formula is C17H13ClF3NO2S. The van der Waals surface area contributed by atoms with Crippen LogP contribution in [0.25, 0.3) is 0 Å². The van der Waals surface area contributed by atoms with Crippen LogP contribution in [0.5, 0.6) is 11.5 Å². The fourth-order valence-corrected chi connectivity index (χ4v) is 3.51. The highest BCUT2D eigenvalue weighted by Gasteiger charge is 2.44. The third-order valence-electron chi connectivity index (χ3n) is 4.07. The van der Waals surface area contributed by atoms with Crippen LogP contribution in [-0.2, 0) is 15.7 Å². The zero-order chi connectivity index (χ0) is 18.4. The molecule has 0 radical (unpaired) electrons. The maximum atomic E-state index is 12.7. The fraction of sp³-hybridized carbons (Fsp3) is 0.235. The lowest BCUT2D eigenvalue weighted by atomic mass is 10.0. The molecule has 3 nitrogen and oxygen atoms in total. The molecule has 1 atom stereocenters. The van der Waals surface area contributed by atoms with Crippen molar-refractivity contribution in [2.75, 3.05) is 11.6 Å². The summed E-state index contributed by atoms with van der Waals surface area (Å²) in [6, 6.07) is 7.99. The van der Waals surface area contributed by atoms with Crippen LogP contribution in [0.1, 0.15) is 18.1 Å². The molecule has 8 heteroatoms. The van der Waals surface area contributed by atoms with Gasteiger partial charge in [-0.25, -0.2) is 0 Å². The molecule has 132 valence electrons. The number of carbonyl (C=O) groups excluding carboxylic acids is 1. The van der Waals surface area contributed by atoms with E-state index in [9.17, 15) is 18.0 Å². The third-order valence-corrected chi connectivity index (χ3v) is 5.57. The van der Waals surface area contributed by atoms with Crippen molar-refractivity contribution in [3.63, 3.8) is 0 Å². The summed E-state index contributed by atoms with van der Waals surface area (Å²) in [4.78, 5) is 12.3. The van der Waals surface area contributed by atoms with Gasteiger partial charge in [0.1, 0.15) is 16.2 Å². The SMILES string of the molecule is CSC1(C)C(=O)Nc2cccc(Oc3ccc(C(F)(F)F)cc3Cl)c21. The van der Waals surface area contributed by atoms with E-state index < -0.39 is 16.5 Å². The minimum absolute atomic E-state index is 0.0888. The summed E-state index contributed by atoms with van der Waals surface area (Å²) in [6.45, 7) is 1.76. The summed E-state index contributed by atoms with van der Waals surface area (Å²) < 4.78 is 43.2. The Kier molecular flexibility index (Phi) is 4.41. The number of ether oxygens (including phenoxy) is 1. The molecule has 0 aromatic heterocycles. The number of hydrogen-bond acceptors (Lipinski definition) is 3. The van der Waals surface area contributed by atoms with Crippen LogP contribution >= 0.6 is 23.4 Å². The number of fused-ring (bicyclic) bond motifs is 1. The van der Waals surface area contributed by atoms with Crippen LogP contribution in [0.15, 0.2) is 36.4 Å². The number of hydrogen-bond donors (Lipinski definition) is 1. The Morgan fingerprint density at radius 1 is 1.20 bits per heavy atom. The molecular weight excluding hydrogens is 375 g/mol. The number of carbonyl (C=O) groups is 1. The van der Waals surface area contributed by atoms with E-state index in [0.29, 0.717) is 17.0 Å². The summed E-state index contributed by atoms with van der Waals surface area (Å²) in [5, 5.41) is 2.63. The van der Waals surface area contributed by atoms with Crippen molar-refractivity contribution >= 4 is 35.0 Å². The average Bonchev–Trinajstić information content (AvgIpc) is 2.81. The Morgan fingerprint density at radius 3 is 2.52 bits per heavy atom. The molecule has 25 heavy (non-hydrogen) atoms. The van der Waals surface area contributed by atoms with Gasteiger partial charge in [0.05, 0.1) is 10.6 Å². The molecule has 0 saturated heterocycles. The van der Waals surface area contributed by atoms with E-state index in [1.807, 2.05) is 0 Å². The lowest BCUT2D eigenvalue weighted by molar-refractivity contribution is -0.137. The van der Waals surface area contributed by atoms with Crippen molar-refractivity contribution in [3.05, 3.63) is 52.5 Å². The molecule has 2 aromatic rings. The van der Waals surface area contributed by atoms with E-state index in [1.165, 1.54) is 17.8 Å². The van der Waals surface area contributed by atoms with E-state index in [1.54, 1.807) is 31.4 Å². The average molecular weight is 388 g/mol. The molecule has 0 spiro atoms. The normalized spacial score (nSPS) is 19.5. The topological polar surface area (TPSA) is 38.3 Å². The number of benzene rings is 2. The minimum Gasteiger partial charge on any atom is -0.455 e. The first kappa shape index (κ1) is 17.9. The largest absolute Gasteiger partial charge is 0.455 e. The van der Waals surface area contributed by atoms with Crippen molar-refractivity contribution in [3.8, 4) is 11.5 Å².